The molecule has 2 aromatic heterocycles. The highest BCUT2D eigenvalue weighted by Crippen LogP contribution is 2.39. The highest BCUT2D eigenvalue weighted by atomic mass is 32.1. The monoisotopic (exact) mass is 361 g/mol. The molecule has 2 atom stereocenters. The van der Waals surface area contributed by atoms with Gasteiger partial charge in [-0.25, -0.2) is 4.98 Å². The summed E-state index contributed by atoms with van der Waals surface area (Å²) in [5.41, 5.74) is 2.46. The van der Waals surface area contributed by atoms with E-state index < -0.39 is 0 Å². The Labute approximate surface area is 150 Å². The van der Waals surface area contributed by atoms with E-state index in [2.05, 4.69) is 39.2 Å². The lowest BCUT2D eigenvalue weighted by molar-refractivity contribution is -0.0707. The number of anilines is 1. The van der Waals surface area contributed by atoms with Gasteiger partial charge in [-0.15, -0.1) is 11.3 Å². The Balaban J connectivity index is 1.35. The molecular weight excluding hydrogens is 338 g/mol. The number of morpholine rings is 1. The van der Waals surface area contributed by atoms with Gasteiger partial charge in [-0.1, -0.05) is 0 Å². The minimum Gasteiger partial charge on any atom is -0.373 e. The lowest BCUT2D eigenvalue weighted by Gasteiger charge is -2.34. The van der Waals surface area contributed by atoms with Crippen LogP contribution < -0.4 is 5.32 Å². The van der Waals surface area contributed by atoms with Crippen molar-refractivity contribution in [3.05, 3.63) is 28.5 Å². The Bertz CT molecular complexity index is 744. The van der Waals surface area contributed by atoms with E-state index in [1.54, 1.807) is 0 Å². The molecule has 1 aliphatic carbocycles. The van der Waals surface area contributed by atoms with Crippen LogP contribution >= 0.6 is 11.3 Å². The molecule has 25 heavy (non-hydrogen) atoms. The lowest BCUT2D eigenvalue weighted by atomic mass is 10.2. The molecule has 2 unspecified atom stereocenters. The second-order valence-corrected chi connectivity index (χ2v) is 7.89. The maximum Gasteiger partial charge on any atom is 0.277 e. The molecule has 0 aromatic carbocycles. The van der Waals surface area contributed by atoms with Crippen molar-refractivity contribution >= 4 is 22.4 Å². The third kappa shape index (κ3) is 4.08. The molecule has 2 N–H and O–H groups in total. The Hall–Kier alpha value is -1.77. The molecule has 8 heteroatoms. The molecule has 134 valence electrons. The Kier molecular flexibility index (Phi) is 4.58. The zero-order chi connectivity index (χ0) is 17.4. The van der Waals surface area contributed by atoms with Crippen LogP contribution in [0.5, 0.6) is 0 Å². The molecule has 1 amide bonds. The van der Waals surface area contributed by atoms with E-state index in [9.17, 15) is 4.79 Å². The number of carbonyl (C=O) groups is 1. The predicted octanol–water partition coefficient (Wildman–Crippen LogP) is 2.61. The number of hydrogen-bond acceptors (Lipinski definition) is 6. The Morgan fingerprint density at radius 1 is 1.40 bits per heavy atom. The summed E-state index contributed by atoms with van der Waals surface area (Å²) in [4.78, 5) is 19.2. The van der Waals surface area contributed by atoms with E-state index in [0.29, 0.717) is 16.7 Å². The second-order valence-electron chi connectivity index (χ2n) is 7.03. The summed E-state index contributed by atoms with van der Waals surface area (Å²) in [6.07, 6.45) is 2.83. The number of thiazole rings is 1. The van der Waals surface area contributed by atoms with Gasteiger partial charge >= 0.3 is 0 Å². The highest BCUT2D eigenvalue weighted by Gasteiger charge is 2.27. The summed E-state index contributed by atoms with van der Waals surface area (Å²) in [7, 11) is 0. The average molecular weight is 361 g/mol. The summed E-state index contributed by atoms with van der Waals surface area (Å²) in [6, 6.07) is 1.85. The van der Waals surface area contributed by atoms with Gasteiger partial charge in [0.25, 0.3) is 5.91 Å². The van der Waals surface area contributed by atoms with Crippen LogP contribution in [-0.4, -0.2) is 51.3 Å². The first-order valence-electron chi connectivity index (χ1n) is 8.75. The van der Waals surface area contributed by atoms with Crippen molar-refractivity contribution < 1.29 is 9.53 Å². The summed E-state index contributed by atoms with van der Waals surface area (Å²) in [5, 5.41) is 12.5. The molecule has 4 rings (SSSR count). The fourth-order valence-electron chi connectivity index (χ4n) is 3.30. The van der Waals surface area contributed by atoms with Gasteiger partial charge in [0.1, 0.15) is 0 Å². The van der Waals surface area contributed by atoms with Crippen LogP contribution in [0.3, 0.4) is 0 Å². The van der Waals surface area contributed by atoms with Crippen molar-refractivity contribution in [3.8, 4) is 0 Å². The number of amides is 1. The minimum atomic E-state index is -0.210. The van der Waals surface area contributed by atoms with Gasteiger partial charge < -0.3 is 4.74 Å². The average Bonchev–Trinajstić information content (AvgIpc) is 3.11. The van der Waals surface area contributed by atoms with Crippen LogP contribution in [0.4, 0.5) is 5.13 Å². The van der Waals surface area contributed by atoms with Gasteiger partial charge in [0, 0.05) is 36.6 Å². The fourth-order valence-corrected chi connectivity index (χ4v) is 3.99. The number of aromatic nitrogens is 3. The SMILES string of the molecule is CC1CN(Cc2csc(NC(=O)c3cc(C4CC4)[nH]n3)n2)CC(C)O1. The van der Waals surface area contributed by atoms with Gasteiger partial charge in [0.2, 0.25) is 0 Å². The number of aromatic amines is 1. The smallest absolute Gasteiger partial charge is 0.277 e. The topological polar surface area (TPSA) is 83.1 Å². The van der Waals surface area contributed by atoms with Crippen LogP contribution in [0.1, 0.15) is 54.5 Å². The highest BCUT2D eigenvalue weighted by molar-refractivity contribution is 7.13. The van der Waals surface area contributed by atoms with Crippen molar-refractivity contribution in [2.45, 2.75) is 51.4 Å². The zero-order valence-corrected chi connectivity index (χ0v) is 15.3. The first-order valence-corrected chi connectivity index (χ1v) is 9.63. The number of H-pyrrole nitrogens is 1. The molecule has 1 aliphatic heterocycles. The normalized spacial score (nSPS) is 24.4. The second kappa shape index (κ2) is 6.86. The number of nitrogens with one attached hydrogen (secondary N) is 2. The molecule has 2 aliphatic rings. The van der Waals surface area contributed by atoms with Crippen LogP contribution in [0.25, 0.3) is 0 Å². The number of ether oxygens (including phenoxy) is 1. The number of nitrogens with zero attached hydrogens (tertiary/aromatic N) is 3. The molecule has 0 radical (unpaired) electrons. The quantitative estimate of drug-likeness (QED) is 0.855. The summed E-state index contributed by atoms with van der Waals surface area (Å²) < 4.78 is 5.76. The van der Waals surface area contributed by atoms with E-state index >= 15 is 0 Å². The van der Waals surface area contributed by atoms with Gasteiger partial charge in [-0.3, -0.25) is 20.1 Å². The Morgan fingerprint density at radius 2 is 2.16 bits per heavy atom. The van der Waals surface area contributed by atoms with Crippen molar-refractivity contribution in [2.24, 2.45) is 0 Å². The first kappa shape index (κ1) is 16.7. The Morgan fingerprint density at radius 3 is 2.88 bits per heavy atom. The third-order valence-electron chi connectivity index (χ3n) is 4.50. The predicted molar refractivity (Wildman–Crippen MR) is 95.9 cm³/mol. The first-order chi connectivity index (χ1) is 12.1. The largest absolute Gasteiger partial charge is 0.373 e. The van der Waals surface area contributed by atoms with Crippen LogP contribution in [0.2, 0.25) is 0 Å². The van der Waals surface area contributed by atoms with Crippen LogP contribution in [0.15, 0.2) is 11.4 Å². The maximum absolute atomic E-state index is 12.3. The van der Waals surface area contributed by atoms with E-state index in [-0.39, 0.29) is 18.1 Å². The summed E-state index contributed by atoms with van der Waals surface area (Å²) in [5.74, 6) is 0.344. The van der Waals surface area contributed by atoms with E-state index in [1.165, 1.54) is 24.2 Å². The summed E-state index contributed by atoms with van der Waals surface area (Å²) in [6.45, 7) is 6.77. The zero-order valence-electron chi connectivity index (χ0n) is 14.5. The summed E-state index contributed by atoms with van der Waals surface area (Å²) >= 11 is 1.45. The van der Waals surface area contributed by atoms with Gasteiger partial charge in [0.15, 0.2) is 10.8 Å². The van der Waals surface area contributed by atoms with E-state index in [1.807, 2.05) is 11.4 Å². The van der Waals surface area contributed by atoms with Crippen LogP contribution in [-0.2, 0) is 11.3 Å². The molecule has 1 saturated heterocycles. The van der Waals surface area contributed by atoms with Gasteiger partial charge in [-0.2, -0.15) is 5.10 Å². The third-order valence-corrected chi connectivity index (χ3v) is 5.31. The van der Waals surface area contributed by atoms with Crippen molar-refractivity contribution in [2.75, 3.05) is 18.4 Å². The fraction of sp³-hybridized carbons (Fsp3) is 0.588. The molecule has 7 nitrogen and oxygen atoms in total. The molecule has 2 aromatic rings. The maximum atomic E-state index is 12.3. The lowest BCUT2D eigenvalue weighted by Crippen LogP contribution is -2.44. The molecule has 0 spiro atoms. The van der Waals surface area contributed by atoms with Crippen molar-refractivity contribution in [3.63, 3.8) is 0 Å². The molecular formula is C17H23N5O2S. The molecule has 3 heterocycles. The van der Waals surface area contributed by atoms with Gasteiger partial charge in [0.05, 0.1) is 17.9 Å². The molecule has 0 bridgehead atoms. The minimum absolute atomic E-state index is 0.210. The van der Waals surface area contributed by atoms with Crippen molar-refractivity contribution in [1.29, 1.82) is 0 Å². The molecule has 2 fully saturated rings. The standard InChI is InChI=1S/C17H23N5O2S/c1-10-6-22(7-11(2)24-10)8-13-9-25-17(18-13)19-16(23)15-5-14(20-21-15)12-3-4-12/h5,9-12H,3-4,6-8H2,1-2H3,(H,20,21)(H,18,19,23). The van der Waals surface area contributed by atoms with Gasteiger partial charge in [-0.05, 0) is 32.8 Å². The van der Waals surface area contributed by atoms with Crippen molar-refractivity contribution in [1.82, 2.24) is 20.1 Å². The van der Waals surface area contributed by atoms with E-state index in [0.717, 1.165) is 31.0 Å². The number of rotatable bonds is 5. The molecule has 1 saturated carbocycles. The number of hydrogen-bond donors (Lipinski definition) is 2. The van der Waals surface area contributed by atoms with Crippen LogP contribution in [0, 0.1) is 0 Å². The number of carbonyl (C=O) groups excluding carboxylic acids is 1. The van der Waals surface area contributed by atoms with E-state index in [4.69, 9.17) is 4.74 Å².